The summed E-state index contributed by atoms with van der Waals surface area (Å²) in [4.78, 5) is 12.6. The highest BCUT2D eigenvalue weighted by Gasteiger charge is 2.39. The first kappa shape index (κ1) is 17.5. The Morgan fingerprint density at radius 3 is 2.65 bits per heavy atom. The first-order valence-electron chi connectivity index (χ1n) is 8.73. The normalized spacial score (nSPS) is 19.3. The molecule has 0 N–H and O–H groups in total. The SMILES string of the molecule is CCn1c2c(c3ccccc31)[C@H](c1ccc(Cl)cc1)[C@@H](C(=O)OC)CS2. The van der Waals surface area contributed by atoms with E-state index in [2.05, 4.69) is 35.8 Å². The summed E-state index contributed by atoms with van der Waals surface area (Å²) < 4.78 is 7.49. The summed E-state index contributed by atoms with van der Waals surface area (Å²) >= 11 is 7.85. The van der Waals surface area contributed by atoms with Crippen molar-refractivity contribution in [3.8, 4) is 0 Å². The quantitative estimate of drug-likeness (QED) is 0.570. The Bertz CT molecular complexity index is 964. The van der Waals surface area contributed by atoms with E-state index in [1.54, 1.807) is 11.8 Å². The standard InChI is InChI=1S/C21H20ClNO2S/c1-3-23-17-7-5-4-6-15(17)19-18(13-8-10-14(22)11-9-13)16(21(24)25-2)12-26-20(19)23/h4-11,16,18H,3,12H2,1-2H3/t16-,18+/m0/s1. The zero-order valence-corrected chi connectivity index (χ0v) is 16.3. The van der Waals surface area contributed by atoms with Crippen molar-refractivity contribution < 1.29 is 9.53 Å². The third-order valence-corrected chi connectivity index (χ3v) is 6.61. The molecular formula is C21H20ClNO2S. The molecule has 26 heavy (non-hydrogen) atoms. The fourth-order valence-corrected chi connectivity index (χ4v) is 5.54. The number of carbonyl (C=O) groups is 1. The monoisotopic (exact) mass is 385 g/mol. The van der Waals surface area contributed by atoms with Crippen LogP contribution in [0.4, 0.5) is 0 Å². The second-order valence-electron chi connectivity index (χ2n) is 6.45. The number of benzene rings is 2. The van der Waals surface area contributed by atoms with Crippen LogP contribution in [0.3, 0.4) is 0 Å². The molecule has 2 aromatic carbocycles. The summed E-state index contributed by atoms with van der Waals surface area (Å²) in [6, 6.07) is 16.3. The third kappa shape index (κ3) is 2.72. The van der Waals surface area contributed by atoms with E-state index in [9.17, 15) is 4.79 Å². The molecule has 0 amide bonds. The molecule has 1 aromatic heterocycles. The van der Waals surface area contributed by atoms with Gasteiger partial charge in [0.2, 0.25) is 0 Å². The number of thioether (sulfide) groups is 1. The maximum Gasteiger partial charge on any atom is 0.310 e. The van der Waals surface area contributed by atoms with E-state index in [0.717, 1.165) is 12.1 Å². The van der Waals surface area contributed by atoms with Gasteiger partial charge in [0, 0.05) is 39.7 Å². The number of halogens is 1. The second kappa shape index (κ2) is 7.01. The number of esters is 1. The fraction of sp³-hybridized carbons (Fsp3) is 0.286. The van der Waals surface area contributed by atoms with E-state index in [1.807, 2.05) is 24.3 Å². The topological polar surface area (TPSA) is 31.2 Å². The van der Waals surface area contributed by atoms with Gasteiger partial charge in [-0.05, 0) is 30.7 Å². The lowest BCUT2D eigenvalue weighted by atomic mass is 9.81. The Morgan fingerprint density at radius 2 is 1.96 bits per heavy atom. The van der Waals surface area contributed by atoms with Crippen molar-refractivity contribution in [3.05, 3.63) is 64.7 Å². The van der Waals surface area contributed by atoms with Gasteiger partial charge in [-0.25, -0.2) is 0 Å². The van der Waals surface area contributed by atoms with Crippen molar-refractivity contribution >= 4 is 40.2 Å². The summed E-state index contributed by atoms with van der Waals surface area (Å²) in [6.45, 7) is 3.07. The van der Waals surface area contributed by atoms with Gasteiger partial charge in [0.1, 0.15) is 0 Å². The Hall–Kier alpha value is -1.91. The van der Waals surface area contributed by atoms with Crippen LogP contribution < -0.4 is 0 Å². The molecule has 4 rings (SSSR count). The molecule has 3 nitrogen and oxygen atoms in total. The van der Waals surface area contributed by atoms with E-state index < -0.39 is 0 Å². The van der Waals surface area contributed by atoms with E-state index >= 15 is 0 Å². The molecule has 0 aliphatic carbocycles. The van der Waals surface area contributed by atoms with Gasteiger partial charge < -0.3 is 9.30 Å². The number of nitrogens with zero attached hydrogens (tertiary/aromatic N) is 1. The highest BCUT2D eigenvalue weighted by atomic mass is 35.5. The average Bonchev–Trinajstić information content (AvgIpc) is 3.01. The summed E-state index contributed by atoms with van der Waals surface area (Å²) in [5, 5.41) is 3.17. The lowest BCUT2D eigenvalue weighted by Crippen LogP contribution is -2.29. The Labute approximate surface area is 162 Å². The molecule has 0 spiro atoms. The highest BCUT2D eigenvalue weighted by Crippen LogP contribution is 2.49. The molecule has 0 saturated heterocycles. The van der Waals surface area contributed by atoms with Crippen LogP contribution in [0, 0.1) is 5.92 Å². The number of para-hydroxylation sites is 1. The molecule has 0 bridgehead atoms. The molecule has 0 fully saturated rings. The summed E-state index contributed by atoms with van der Waals surface area (Å²) in [7, 11) is 1.47. The predicted molar refractivity (Wildman–Crippen MR) is 107 cm³/mol. The minimum atomic E-state index is -0.213. The number of aromatic nitrogens is 1. The zero-order valence-electron chi connectivity index (χ0n) is 14.7. The molecule has 0 unspecified atom stereocenters. The van der Waals surface area contributed by atoms with Gasteiger partial charge in [0.05, 0.1) is 18.1 Å². The minimum Gasteiger partial charge on any atom is -0.469 e. The van der Waals surface area contributed by atoms with Gasteiger partial charge >= 0.3 is 5.97 Å². The molecule has 0 saturated carbocycles. The number of aryl methyl sites for hydroxylation is 1. The van der Waals surface area contributed by atoms with Gasteiger partial charge in [-0.15, -0.1) is 11.8 Å². The molecule has 3 aromatic rings. The largest absolute Gasteiger partial charge is 0.469 e. The van der Waals surface area contributed by atoms with Gasteiger partial charge in [-0.3, -0.25) is 4.79 Å². The molecule has 0 radical (unpaired) electrons. The predicted octanol–water partition coefficient (Wildman–Crippen LogP) is 5.34. The number of hydrogen-bond acceptors (Lipinski definition) is 3. The number of ether oxygens (including phenoxy) is 1. The van der Waals surface area contributed by atoms with Crippen LogP contribution >= 0.6 is 23.4 Å². The van der Waals surface area contributed by atoms with Crippen molar-refractivity contribution in [3.63, 3.8) is 0 Å². The number of rotatable bonds is 3. The maximum atomic E-state index is 12.6. The maximum absolute atomic E-state index is 12.6. The van der Waals surface area contributed by atoms with Crippen molar-refractivity contribution in [1.82, 2.24) is 4.57 Å². The van der Waals surface area contributed by atoms with Gasteiger partial charge in [-0.1, -0.05) is 41.9 Å². The first-order valence-corrected chi connectivity index (χ1v) is 10.1. The Morgan fingerprint density at radius 1 is 1.23 bits per heavy atom. The fourth-order valence-electron chi connectivity index (χ4n) is 3.97. The highest BCUT2D eigenvalue weighted by molar-refractivity contribution is 7.99. The number of hydrogen-bond donors (Lipinski definition) is 0. The Balaban J connectivity index is 1.99. The molecule has 2 atom stereocenters. The number of methoxy groups -OCH3 is 1. The molecule has 5 heteroatoms. The van der Waals surface area contributed by atoms with Crippen molar-refractivity contribution in [1.29, 1.82) is 0 Å². The molecular weight excluding hydrogens is 366 g/mol. The summed E-state index contributed by atoms with van der Waals surface area (Å²) in [5.41, 5.74) is 3.55. The average molecular weight is 386 g/mol. The van der Waals surface area contributed by atoms with Crippen LogP contribution in [0.5, 0.6) is 0 Å². The first-order chi connectivity index (χ1) is 12.7. The molecule has 2 heterocycles. The van der Waals surface area contributed by atoms with Crippen molar-refractivity contribution in [2.45, 2.75) is 24.4 Å². The third-order valence-electron chi connectivity index (χ3n) is 5.12. The van der Waals surface area contributed by atoms with Gasteiger partial charge in [0.25, 0.3) is 0 Å². The number of carbonyl (C=O) groups excluding carboxylic acids is 1. The lowest BCUT2D eigenvalue weighted by molar-refractivity contribution is -0.145. The minimum absolute atomic E-state index is 0.0336. The van der Waals surface area contributed by atoms with E-state index in [0.29, 0.717) is 10.8 Å². The molecule has 1 aliphatic heterocycles. The smallest absolute Gasteiger partial charge is 0.310 e. The molecule has 134 valence electrons. The van der Waals surface area contributed by atoms with Crippen LogP contribution in [0.15, 0.2) is 53.6 Å². The summed E-state index contributed by atoms with van der Waals surface area (Å²) in [5.74, 6) is 0.309. The Kier molecular flexibility index (Phi) is 4.72. The van der Waals surface area contributed by atoms with Crippen LogP contribution in [0.2, 0.25) is 5.02 Å². The van der Waals surface area contributed by atoms with E-state index in [1.165, 1.54) is 28.6 Å². The van der Waals surface area contributed by atoms with Crippen LogP contribution in [-0.4, -0.2) is 23.4 Å². The van der Waals surface area contributed by atoms with Crippen LogP contribution in [0.25, 0.3) is 10.9 Å². The van der Waals surface area contributed by atoms with E-state index in [-0.39, 0.29) is 17.8 Å². The summed E-state index contributed by atoms with van der Waals surface area (Å²) in [6.07, 6.45) is 0. The second-order valence-corrected chi connectivity index (χ2v) is 7.90. The van der Waals surface area contributed by atoms with E-state index in [4.69, 9.17) is 16.3 Å². The van der Waals surface area contributed by atoms with Gasteiger partial charge in [0.15, 0.2) is 0 Å². The van der Waals surface area contributed by atoms with Crippen LogP contribution in [-0.2, 0) is 16.1 Å². The van der Waals surface area contributed by atoms with Gasteiger partial charge in [-0.2, -0.15) is 0 Å². The van der Waals surface area contributed by atoms with Crippen LogP contribution in [0.1, 0.15) is 24.0 Å². The van der Waals surface area contributed by atoms with Crippen molar-refractivity contribution in [2.24, 2.45) is 5.92 Å². The lowest BCUT2D eigenvalue weighted by Gasteiger charge is -2.31. The number of fused-ring (bicyclic) bond motifs is 3. The zero-order chi connectivity index (χ0) is 18.3. The molecule has 1 aliphatic rings. The van der Waals surface area contributed by atoms with Crippen molar-refractivity contribution in [2.75, 3.05) is 12.9 Å².